The lowest BCUT2D eigenvalue weighted by Gasteiger charge is -2.39. The minimum absolute atomic E-state index is 0.0681. The number of hydrogen-bond donors (Lipinski definition) is 1. The molecule has 1 fully saturated rings. The summed E-state index contributed by atoms with van der Waals surface area (Å²) in [5.41, 5.74) is 7.90. The van der Waals surface area contributed by atoms with Crippen molar-refractivity contribution in [2.45, 2.75) is 44.6 Å². The van der Waals surface area contributed by atoms with Crippen molar-refractivity contribution in [3.05, 3.63) is 35.4 Å². The number of esters is 1. The van der Waals surface area contributed by atoms with E-state index in [2.05, 4.69) is 18.2 Å². The molecule has 0 heterocycles. The second kappa shape index (κ2) is 4.97. The SMILES string of the molecule is NCC1(C(=O)OC2CCCc3ccccc32)CCC1. The maximum Gasteiger partial charge on any atom is 0.313 e. The van der Waals surface area contributed by atoms with Gasteiger partial charge in [0.25, 0.3) is 0 Å². The van der Waals surface area contributed by atoms with E-state index in [1.165, 1.54) is 11.1 Å². The second-order valence-corrected chi connectivity index (χ2v) is 5.82. The molecule has 1 aromatic rings. The Kier molecular flexibility index (Phi) is 3.31. The van der Waals surface area contributed by atoms with Crippen LogP contribution in [0.4, 0.5) is 0 Å². The summed E-state index contributed by atoms with van der Waals surface area (Å²) < 4.78 is 5.80. The third-order valence-corrected chi connectivity index (χ3v) is 4.70. The van der Waals surface area contributed by atoms with Crippen molar-refractivity contribution in [3.8, 4) is 0 Å². The number of hydrogen-bond acceptors (Lipinski definition) is 3. The topological polar surface area (TPSA) is 52.3 Å². The molecule has 2 aliphatic carbocycles. The molecule has 102 valence electrons. The monoisotopic (exact) mass is 259 g/mol. The largest absolute Gasteiger partial charge is 0.457 e. The molecule has 0 spiro atoms. The molecule has 0 aromatic heterocycles. The highest BCUT2D eigenvalue weighted by Crippen LogP contribution is 2.43. The number of carbonyl (C=O) groups is 1. The van der Waals surface area contributed by atoms with Gasteiger partial charge in [-0.1, -0.05) is 30.7 Å². The summed E-state index contributed by atoms with van der Waals surface area (Å²) in [5.74, 6) is -0.0806. The van der Waals surface area contributed by atoms with Gasteiger partial charge in [-0.3, -0.25) is 4.79 Å². The van der Waals surface area contributed by atoms with Crippen LogP contribution in [0.25, 0.3) is 0 Å². The van der Waals surface area contributed by atoms with Crippen LogP contribution in [0, 0.1) is 5.41 Å². The Morgan fingerprint density at radius 3 is 2.79 bits per heavy atom. The molecule has 0 amide bonds. The van der Waals surface area contributed by atoms with E-state index in [-0.39, 0.29) is 17.5 Å². The standard InChI is InChI=1S/C16H21NO2/c17-11-16(9-4-10-16)15(18)19-14-8-3-6-12-5-1-2-7-13(12)14/h1-2,5,7,14H,3-4,6,8-11,17H2. The van der Waals surface area contributed by atoms with Crippen molar-refractivity contribution in [2.24, 2.45) is 11.1 Å². The number of aryl methyl sites for hydroxylation is 1. The van der Waals surface area contributed by atoms with Crippen molar-refractivity contribution in [1.82, 2.24) is 0 Å². The molecule has 0 saturated heterocycles. The average Bonchev–Trinajstić information content (AvgIpc) is 2.38. The second-order valence-electron chi connectivity index (χ2n) is 5.82. The summed E-state index contributed by atoms with van der Waals surface area (Å²) in [6.07, 6.45) is 5.91. The van der Waals surface area contributed by atoms with E-state index in [0.29, 0.717) is 6.54 Å². The molecule has 3 rings (SSSR count). The summed E-state index contributed by atoms with van der Waals surface area (Å²) in [4.78, 5) is 12.4. The maximum absolute atomic E-state index is 12.4. The highest BCUT2D eigenvalue weighted by molar-refractivity contribution is 5.78. The number of ether oxygens (including phenoxy) is 1. The Hall–Kier alpha value is -1.35. The fourth-order valence-corrected chi connectivity index (χ4v) is 3.18. The molecule has 1 aromatic carbocycles. The van der Waals surface area contributed by atoms with Gasteiger partial charge >= 0.3 is 5.97 Å². The molecule has 1 unspecified atom stereocenters. The summed E-state index contributed by atoms with van der Waals surface area (Å²) >= 11 is 0. The molecule has 3 nitrogen and oxygen atoms in total. The summed E-state index contributed by atoms with van der Waals surface area (Å²) in [7, 11) is 0. The van der Waals surface area contributed by atoms with Gasteiger partial charge in [-0.2, -0.15) is 0 Å². The Morgan fingerprint density at radius 1 is 1.32 bits per heavy atom. The number of benzene rings is 1. The van der Waals surface area contributed by atoms with Crippen molar-refractivity contribution in [2.75, 3.05) is 6.54 Å². The van der Waals surface area contributed by atoms with Crippen LogP contribution >= 0.6 is 0 Å². The first kappa shape index (κ1) is 12.7. The lowest BCUT2D eigenvalue weighted by Crippen LogP contribution is -2.45. The van der Waals surface area contributed by atoms with Crippen molar-refractivity contribution < 1.29 is 9.53 Å². The van der Waals surface area contributed by atoms with Crippen LogP contribution in [0.2, 0.25) is 0 Å². The predicted molar refractivity (Wildman–Crippen MR) is 73.6 cm³/mol. The van der Waals surface area contributed by atoms with E-state index in [4.69, 9.17) is 10.5 Å². The van der Waals surface area contributed by atoms with Crippen LogP contribution in [0.15, 0.2) is 24.3 Å². The molecule has 1 saturated carbocycles. The van der Waals surface area contributed by atoms with Gasteiger partial charge in [-0.25, -0.2) is 0 Å². The van der Waals surface area contributed by atoms with Crippen molar-refractivity contribution in [3.63, 3.8) is 0 Å². The lowest BCUT2D eigenvalue weighted by molar-refractivity contribution is -0.167. The minimum Gasteiger partial charge on any atom is -0.457 e. The van der Waals surface area contributed by atoms with E-state index < -0.39 is 0 Å². The van der Waals surface area contributed by atoms with Gasteiger partial charge < -0.3 is 10.5 Å². The Morgan fingerprint density at radius 2 is 2.11 bits per heavy atom. The molecule has 0 bridgehead atoms. The first-order valence-corrected chi connectivity index (χ1v) is 7.24. The summed E-state index contributed by atoms with van der Waals surface area (Å²) in [6.45, 7) is 0.417. The fraction of sp³-hybridized carbons (Fsp3) is 0.562. The van der Waals surface area contributed by atoms with Crippen molar-refractivity contribution in [1.29, 1.82) is 0 Å². The Balaban J connectivity index is 1.76. The Bertz CT molecular complexity index is 474. The van der Waals surface area contributed by atoms with Crippen LogP contribution in [0.1, 0.15) is 49.3 Å². The zero-order valence-electron chi connectivity index (χ0n) is 11.2. The van der Waals surface area contributed by atoms with Gasteiger partial charge in [-0.05, 0) is 43.2 Å². The van der Waals surface area contributed by atoms with E-state index >= 15 is 0 Å². The van der Waals surface area contributed by atoms with E-state index in [1.807, 2.05) is 6.07 Å². The lowest BCUT2D eigenvalue weighted by atomic mass is 9.69. The molecule has 1 atom stereocenters. The highest BCUT2D eigenvalue weighted by atomic mass is 16.5. The minimum atomic E-state index is -0.383. The number of fused-ring (bicyclic) bond motifs is 1. The quantitative estimate of drug-likeness (QED) is 0.849. The van der Waals surface area contributed by atoms with Gasteiger partial charge in [0.05, 0.1) is 5.41 Å². The third-order valence-electron chi connectivity index (χ3n) is 4.70. The highest BCUT2D eigenvalue weighted by Gasteiger charge is 2.45. The van der Waals surface area contributed by atoms with Crippen LogP contribution in [-0.2, 0) is 16.0 Å². The fourth-order valence-electron chi connectivity index (χ4n) is 3.18. The van der Waals surface area contributed by atoms with Gasteiger partial charge in [0.15, 0.2) is 0 Å². The molecular weight excluding hydrogens is 238 g/mol. The van der Waals surface area contributed by atoms with Crippen LogP contribution in [0.3, 0.4) is 0 Å². The maximum atomic E-state index is 12.4. The van der Waals surface area contributed by atoms with Crippen LogP contribution in [0.5, 0.6) is 0 Å². The molecule has 2 N–H and O–H groups in total. The van der Waals surface area contributed by atoms with E-state index in [1.54, 1.807) is 0 Å². The van der Waals surface area contributed by atoms with Crippen molar-refractivity contribution >= 4 is 5.97 Å². The van der Waals surface area contributed by atoms with E-state index in [9.17, 15) is 4.79 Å². The zero-order chi connectivity index (χ0) is 13.3. The smallest absolute Gasteiger partial charge is 0.313 e. The number of nitrogens with two attached hydrogens (primary N) is 1. The van der Waals surface area contributed by atoms with Gasteiger partial charge in [0.1, 0.15) is 6.10 Å². The van der Waals surface area contributed by atoms with Gasteiger partial charge in [-0.15, -0.1) is 0 Å². The first-order chi connectivity index (χ1) is 9.25. The van der Waals surface area contributed by atoms with Crippen LogP contribution in [-0.4, -0.2) is 12.5 Å². The molecule has 3 heteroatoms. The van der Waals surface area contributed by atoms with Gasteiger partial charge in [0.2, 0.25) is 0 Å². The first-order valence-electron chi connectivity index (χ1n) is 7.24. The zero-order valence-corrected chi connectivity index (χ0v) is 11.2. The summed E-state index contributed by atoms with van der Waals surface area (Å²) in [6, 6.07) is 8.29. The predicted octanol–water partition coefficient (Wildman–Crippen LogP) is 2.74. The van der Waals surface area contributed by atoms with Crippen LogP contribution < -0.4 is 5.73 Å². The van der Waals surface area contributed by atoms with E-state index in [0.717, 1.165) is 38.5 Å². The Labute approximate surface area is 114 Å². The molecule has 0 aliphatic heterocycles. The number of rotatable bonds is 3. The normalized spacial score (nSPS) is 24.2. The molecular formula is C16H21NO2. The van der Waals surface area contributed by atoms with Gasteiger partial charge in [0, 0.05) is 6.54 Å². The summed E-state index contributed by atoms with van der Waals surface area (Å²) in [5, 5.41) is 0. The molecule has 0 radical (unpaired) electrons. The third kappa shape index (κ3) is 2.16. The molecule has 2 aliphatic rings. The number of carbonyl (C=O) groups excluding carboxylic acids is 1. The average molecular weight is 259 g/mol. The molecule has 19 heavy (non-hydrogen) atoms.